The van der Waals surface area contributed by atoms with E-state index >= 15 is 0 Å². The maximum absolute atomic E-state index is 13.8. The molecule has 1 aliphatic heterocycles. The van der Waals surface area contributed by atoms with Gasteiger partial charge in [0.25, 0.3) is 0 Å². The second kappa shape index (κ2) is 4.86. The van der Waals surface area contributed by atoms with Crippen molar-refractivity contribution in [3.05, 3.63) is 29.6 Å². The Balaban J connectivity index is 2.20. The molecule has 2 rings (SSSR count). The smallest absolute Gasteiger partial charge is 0.150 e. The molecule has 0 radical (unpaired) electrons. The van der Waals surface area contributed by atoms with Crippen molar-refractivity contribution >= 4 is 12.0 Å². The number of carbonyl (C=O) groups excluding carboxylic acids is 1. The minimum absolute atomic E-state index is 0.295. The first-order valence-corrected chi connectivity index (χ1v) is 6.11. The van der Waals surface area contributed by atoms with E-state index in [9.17, 15) is 9.18 Å². The lowest BCUT2D eigenvalue weighted by atomic mass is 9.88. The molecule has 2 atom stereocenters. The third-order valence-corrected chi connectivity index (χ3v) is 3.78. The van der Waals surface area contributed by atoms with Crippen LogP contribution in [0, 0.1) is 17.7 Å². The number of rotatable bonds is 2. The van der Waals surface area contributed by atoms with Crippen LogP contribution in [0.4, 0.5) is 10.1 Å². The number of carbonyl (C=O) groups is 1. The van der Waals surface area contributed by atoms with Crippen LogP contribution in [-0.4, -0.2) is 19.4 Å². The molecule has 1 heterocycles. The second-order valence-corrected chi connectivity index (χ2v) is 5.02. The van der Waals surface area contributed by atoms with E-state index in [1.807, 2.05) is 0 Å². The first-order chi connectivity index (χ1) is 8.11. The molecule has 0 bridgehead atoms. The summed E-state index contributed by atoms with van der Waals surface area (Å²) >= 11 is 0. The Morgan fingerprint density at radius 2 is 2.12 bits per heavy atom. The maximum Gasteiger partial charge on any atom is 0.150 e. The quantitative estimate of drug-likeness (QED) is 0.734. The molecule has 92 valence electrons. The summed E-state index contributed by atoms with van der Waals surface area (Å²) in [5, 5.41) is 0. The molecule has 1 aliphatic rings. The topological polar surface area (TPSA) is 20.3 Å². The van der Waals surface area contributed by atoms with E-state index in [4.69, 9.17) is 0 Å². The Kier molecular flexibility index (Phi) is 3.46. The fraction of sp³-hybridized carbons (Fsp3) is 0.500. The molecule has 0 aromatic heterocycles. The van der Waals surface area contributed by atoms with Crippen molar-refractivity contribution in [3.63, 3.8) is 0 Å². The summed E-state index contributed by atoms with van der Waals surface area (Å²) in [4.78, 5) is 12.6. The van der Waals surface area contributed by atoms with Crippen LogP contribution in [-0.2, 0) is 0 Å². The summed E-state index contributed by atoms with van der Waals surface area (Å²) < 4.78 is 13.8. The summed E-state index contributed by atoms with van der Waals surface area (Å²) in [5.74, 6) is 0.980. The van der Waals surface area contributed by atoms with Gasteiger partial charge in [0.2, 0.25) is 0 Å². The van der Waals surface area contributed by atoms with Crippen molar-refractivity contribution in [2.75, 3.05) is 18.0 Å². The summed E-state index contributed by atoms with van der Waals surface area (Å²) in [5.41, 5.74) is 1.01. The van der Waals surface area contributed by atoms with E-state index in [0.717, 1.165) is 19.5 Å². The third kappa shape index (κ3) is 2.48. The van der Waals surface area contributed by atoms with Crippen molar-refractivity contribution in [1.29, 1.82) is 0 Å². The first-order valence-electron chi connectivity index (χ1n) is 6.11. The minimum Gasteiger partial charge on any atom is -0.369 e. The monoisotopic (exact) mass is 235 g/mol. The average Bonchev–Trinajstić information content (AvgIpc) is 2.32. The third-order valence-electron chi connectivity index (χ3n) is 3.78. The zero-order valence-electron chi connectivity index (χ0n) is 10.3. The van der Waals surface area contributed by atoms with Gasteiger partial charge in [-0.15, -0.1) is 0 Å². The van der Waals surface area contributed by atoms with Crippen LogP contribution >= 0.6 is 0 Å². The van der Waals surface area contributed by atoms with Gasteiger partial charge in [0.05, 0.1) is 5.69 Å². The SMILES string of the molecule is CC1CCN(c2ccc(C=O)cc2F)CC1C. The Morgan fingerprint density at radius 1 is 1.35 bits per heavy atom. The van der Waals surface area contributed by atoms with Gasteiger partial charge in [-0.05, 0) is 36.5 Å². The van der Waals surface area contributed by atoms with E-state index in [0.29, 0.717) is 29.4 Å². The zero-order chi connectivity index (χ0) is 12.4. The number of benzene rings is 1. The number of anilines is 1. The Hall–Kier alpha value is -1.38. The van der Waals surface area contributed by atoms with Gasteiger partial charge in [0.1, 0.15) is 12.1 Å². The van der Waals surface area contributed by atoms with Gasteiger partial charge >= 0.3 is 0 Å². The predicted octanol–water partition coefficient (Wildman–Crippen LogP) is 3.12. The summed E-state index contributed by atoms with van der Waals surface area (Å²) in [7, 11) is 0. The standard InChI is InChI=1S/C14H18FNO/c1-10-5-6-16(8-11(10)2)14-4-3-12(9-17)7-13(14)15/h3-4,7,9-11H,5-6,8H2,1-2H3. The largest absolute Gasteiger partial charge is 0.369 e. The summed E-state index contributed by atoms with van der Waals surface area (Å²) in [6, 6.07) is 4.70. The van der Waals surface area contributed by atoms with Crippen molar-refractivity contribution < 1.29 is 9.18 Å². The van der Waals surface area contributed by atoms with E-state index in [1.54, 1.807) is 12.1 Å². The van der Waals surface area contributed by atoms with E-state index in [1.165, 1.54) is 6.07 Å². The molecule has 2 unspecified atom stereocenters. The van der Waals surface area contributed by atoms with Crippen molar-refractivity contribution in [3.8, 4) is 0 Å². The van der Waals surface area contributed by atoms with Gasteiger partial charge in [0, 0.05) is 18.7 Å². The normalized spacial score (nSPS) is 24.8. The Bertz CT molecular complexity index is 419. The summed E-state index contributed by atoms with van der Waals surface area (Å²) in [6.45, 7) is 6.23. The van der Waals surface area contributed by atoms with Crippen molar-refractivity contribution in [2.24, 2.45) is 11.8 Å². The second-order valence-electron chi connectivity index (χ2n) is 5.02. The van der Waals surface area contributed by atoms with Crippen LogP contribution < -0.4 is 4.90 Å². The van der Waals surface area contributed by atoms with E-state index < -0.39 is 0 Å². The number of aldehydes is 1. The molecule has 3 heteroatoms. The van der Waals surface area contributed by atoms with Gasteiger partial charge in [-0.3, -0.25) is 4.79 Å². The number of hydrogen-bond acceptors (Lipinski definition) is 2. The van der Waals surface area contributed by atoms with Gasteiger partial charge in [0.15, 0.2) is 0 Å². The van der Waals surface area contributed by atoms with Gasteiger partial charge in [-0.1, -0.05) is 13.8 Å². The predicted molar refractivity (Wildman–Crippen MR) is 66.9 cm³/mol. The first kappa shape index (κ1) is 12.1. The molecule has 0 aliphatic carbocycles. The number of hydrogen-bond donors (Lipinski definition) is 0. The number of nitrogens with zero attached hydrogens (tertiary/aromatic N) is 1. The molecule has 1 fully saturated rings. The average molecular weight is 235 g/mol. The van der Waals surface area contributed by atoms with E-state index in [-0.39, 0.29) is 5.82 Å². The highest BCUT2D eigenvalue weighted by Crippen LogP contribution is 2.28. The lowest BCUT2D eigenvalue weighted by molar-refractivity contribution is 0.112. The lowest BCUT2D eigenvalue weighted by Crippen LogP contribution is -2.38. The molecular weight excluding hydrogens is 217 g/mol. The molecule has 1 saturated heterocycles. The molecular formula is C14H18FNO. The van der Waals surface area contributed by atoms with Crippen LogP contribution in [0.2, 0.25) is 0 Å². The molecule has 1 aromatic rings. The molecule has 0 saturated carbocycles. The van der Waals surface area contributed by atoms with Crippen LogP contribution in [0.15, 0.2) is 18.2 Å². The van der Waals surface area contributed by atoms with Crippen LogP contribution in [0.1, 0.15) is 30.6 Å². The lowest BCUT2D eigenvalue weighted by Gasteiger charge is -2.37. The number of piperidine rings is 1. The van der Waals surface area contributed by atoms with Crippen LogP contribution in [0.25, 0.3) is 0 Å². The van der Waals surface area contributed by atoms with Crippen molar-refractivity contribution in [2.45, 2.75) is 20.3 Å². The fourth-order valence-corrected chi connectivity index (χ4v) is 2.33. The highest BCUT2D eigenvalue weighted by Gasteiger charge is 2.24. The molecule has 2 nitrogen and oxygen atoms in total. The van der Waals surface area contributed by atoms with Crippen LogP contribution in [0.5, 0.6) is 0 Å². The zero-order valence-corrected chi connectivity index (χ0v) is 10.3. The molecule has 17 heavy (non-hydrogen) atoms. The van der Waals surface area contributed by atoms with Gasteiger partial charge in [-0.25, -0.2) is 4.39 Å². The highest BCUT2D eigenvalue weighted by atomic mass is 19.1. The van der Waals surface area contributed by atoms with Gasteiger partial charge in [-0.2, -0.15) is 0 Å². The van der Waals surface area contributed by atoms with Crippen molar-refractivity contribution in [1.82, 2.24) is 0 Å². The minimum atomic E-state index is -0.295. The molecule has 0 N–H and O–H groups in total. The highest BCUT2D eigenvalue weighted by molar-refractivity contribution is 5.76. The molecule has 0 amide bonds. The Morgan fingerprint density at radius 3 is 2.71 bits per heavy atom. The number of halogens is 1. The van der Waals surface area contributed by atoms with Crippen LogP contribution in [0.3, 0.4) is 0 Å². The summed E-state index contributed by atoms with van der Waals surface area (Å²) in [6.07, 6.45) is 1.77. The fourth-order valence-electron chi connectivity index (χ4n) is 2.33. The van der Waals surface area contributed by atoms with E-state index in [2.05, 4.69) is 18.7 Å². The molecule has 0 spiro atoms. The van der Waals surface area contributed by atoms with Gasteiger partial charge < -0.3 is 4.90 Å². The Labute approximate surface area is 101 Å². The maximum atomic E-state index is 13.8. The molecule has 1 aromatic carbocycles.